The predicted octanol–water partition coefficient (Wildman–Crippen LogP) is 1.92. The number of carbonyl (C=O) groups is 1. The molecule has 8 heteroatoms. The molecule has 3 rings (SSSR count). The number of halogens is 3. The molecule has 132 valence electrons. The number of rotatable bonds is 3. The Morgan fingerprint density at radius 3 is 2.67 bits per heavy atom. The van der Waals surface area contributed by atoms with Crippen molar-refractivity contribution in [1.29, 1.82) is 0 Å². The second-order valence-corrected chi connectivity index (χ2v) is 6.11. The molecule has 0 radical (unpaired) electrons. The third kappa shape index (κ3) is 3.87. The molecule has 2 fully saturated rings. The zero-order valence-electron chi connectivity index (χ0n) is 13.3. The topological polar surface area (TPSA) is 45.7 Å². The molecule has 1 aromatic rings. The van der Waals surface area contributed by atoms with Crippen LogP contribution in [0, 0.1) is 0 Å². The lowest BCUT2D eigenvalue weighted by molar-refractivity contribution is -0.142. The first-order valence-electron chi connectivity index (χ1n) is 8.09. The molecule has 1 atom stereocenters. The van der Waals surface area contributed by atoms with Crippen molar-refractivity contribution >= 4 is 5.91 Å². The molecular formula is C16H20F3N3O2. The van der Waals surface area contributed by atoms with Crippen LogP contribution in [0.1, 0.15) is 24.1 Å². The smallest absolute Gasteiger partial charge is 0.368 e. The summed E-state index contributed by atoms with van der Waals surface area (Å²) in [5.74, 6) is 0.00417. The summed E-state index contributed by atoms with van der Waals surface area (Å²) in [5, 5.41) is 0. The van der Waals surface area contributed by atoms with Gasteiger partial charge in [0.25, 0.3) is 5.91 Å². The van der Waals surface area contributed by atoms with Gasteiger partial charge in [0.1, 0.15) is 11.8 Å². The molecule has 0 bridgehead atoms. The molecule has 24 heavy (non-hydrogen) atoms. The van der Waals surface area contributed by atoms with E-state index in [1.807, 2.05) is 4.90 Å². The highest BCUT2D eigenvalue weighted by molar-refractivity contribution is 5.81. The Morgan fingerprint density at radius 2 is 2.04 bits per heavy atom. The number of amides is 1. The maximum absolute atomic E-state index is 13.0. The zero-order valence-corrected chi connectivity index (χ0v) is 13.3. The van der Waals surface area contributed by atoms with Gasteiger partial charge in [-0.25, -0.2) is 0 Å². The molecule has 3 heterocycles. The monoisotopic (exact) mass is 343 g/mol. The van der Waals surface area contributed by atoms with Gasteiger partial charge in [-0.3, -0.25) is 14.7 Å². The molecule has 1 unspecified atom stereocenters. The third-order valence-corrected chi connectivity index (χ3v) is 4.44. The molecule has 5 nitrogen and oxygen atoms in total. The van der Waals surface area contributed by atoms with Gasteiger partial charge in [-0.2, -0.15) is 13.2 Å². The number of piperazine rings is 1. The van der Waals surface area contributed by atoms with E-state index in [9.17, 15) is 18.0 Å². The van der Waals surface area contributed by atoms with Crippen molar-refractivity contribution in [2.75, 3.05) is 32.8 Å². The van der Waals surface area contributed by atoms with E-state index in [4.69, 9.17) is 4.74 Å². The van der Waals surface area contributed by atoms with Crippen molar-refractivity contribution in [2.45, 2.75) is 31.7 Å². The van der Waals surface area contributed by atoms with Gasteiger partial charge in [-0.05, 0) is 24.5 Å². The molecule has 0 spiro atoms. The predicted molar refractivity (Wildman–Crippen MR) is 80.1 cm³/mol. The van der Waals surface area contributed by atoms with Crippen molar-refractivity contribution < 1.29 is 22.7 Å². The summed E-state index contributed by atoms with van der Waals surface area (Å²) >= 11 is 0. The Bertz CT molecular complexity index is 580. The molecular weight excluding hydrogens is 323 g/mol. The summed E-state index contributed by atoms with van der Waals surface area (Å²) in [7, 11) is 0. The van der Waals surface area contributed by atoms with E-state index in [2.05, 4.69) is 4.98 Å². The number of hydrogen-bond acceptors (Lipinski definition) is 4. The highest BCUT2D eigenvalue weighted by atomic mass is 19.4. The first-order valence-corrected chi connectivity index (χ1v) is 8.09. The minimum Gasteiger partial charge on any atom is -0.368 e. The second-order valence-electron chi connectivity index (χ2n) is 6.11. The van der Waals surface area contributed by atoms with Crippen LogP contribution in [0.15, 0.2) is 18.3 Å². The molecule has 2 saturated heterocycles. The molecule has 1 aromatic heterocycles. The van der Waals surface area contributed by atoms with E-state index >= 15 is 0 Å². The van der Waals surface area contributed by atoms with E-state index in [0.717, 1.165) is 19.0 Å². The third-order valence-electron chi connectivity index (χ3n) is 4.44. The maximum atomic E-state index is 13.0. The number of aromatic nitrogens is 1. The van der Waals surface area contributed by atoms with Crippen LogP contribution in [0.5, 0.6) is 0 Å². The van der Waals surface area contributed by atoms with Crippen LogP contribution in [0.25, 0.3) is 0 Å². The summed E-state index contributed by atoms with van der Waals surface area (Å²) in [6.45, 7) is 2.93. The minimum absolute atomic E-state index is 0.00417. The Hall–Kier alpha value is -1.67. The standard InChI is InChI=1S/C16H20F3N3O2/c17-16(18,19)14-12(3-1-5-20-14)11-21-6-8-22(9-7-21)15(23)13-4-2-10-24-13/h1,3,5,13H,2,4,6-11H2. The van der Waals surface area contributed by atoms with Gasteiger partial charge in [0.2, 0.25) is 0 Å². The number of nitrogens with zero attached hydrogens (tertiary/aromatic N) is 3. The Balaban J connectivity index is 1.57. The van der Waals surface area contributed by atoms with Gasteiger partial charge in [0.05, 0.1) is 0 Å². The quantitative estimate of drug-likeness (QED) is 0.841. The molecule has 0 aliphatic carbocycles. The normalized spacial score (nSPS) is 22.8. The fourth-order valence-corrected chi connectivity index (χ4v) is 3.16. The van der Waals surface area contributed by atoms with Gasteiger partial charge in [0, 0.05) is 45.5 Å². The lowest BCUT2D eigenvalue weighted by atomic mass is 10.1. The lowest BCUT2D eigenvalue weighted by Crippen LogP contribution is -2.51. The van der Waals surface area contributed by atoms with Crippen LogP contribution in [0.2, 0.25) is 0 Å². The summed E-state index contributed by atoms with van der Waals surface area (Å²) in [4.78, 5) is 19.4. The average Bonchev–Trinajstić information content (AvgIpc) is 3.09. The van der Waals surface area contributed by atoms with Crippen molar-refractivity contribution in [3.8, 4) is 0 Å². The van der Waals surface area contributed by atoms with E-state index in [-0.39, 0.29) is 24.1 Å². The summed E-state index contributed by atoms with van der Waals surface area (Å²) in [5.41, 5.74) is -0.660. The van der Waals surface area contributed by atoms with Crippen LogP contribution in [-0.2, 0) is 22.3 Å². The highest BCUT2D eigenvalue weighted by Crippen LogP contribution is 2.30. The van der Waals surface area contributed by atoms with Crippen LogP contribution in [0.3, 0.4) is 0 Å². The van der Waals surface area contributed by atoms with E-state index in [1.54, 1.807) is 4.90 Å². The van der Waals surface area contributed by atoms with Gasteiger partial charge in [0.15, 0.2) is 0 Å². The van der Waals surface area contributed by atoms with Crippen molar-refractivity contribution in [1.82, 2.24) is 14.8 Å². The molecule has 2 aliphatic heterocycles. The van der Waals surface area contributed by atoms with E-state index < -0.39 is 11.9 Å². The van der Waals surface area contributed by atoms with Gasteiger partial charge < -0.3 is 9.64 Å². The summed E-state index contributed by atoms with van der Waals surface area (Å²) < 4.78 is 44.4. The highest BCUT2D eigenvalue weighted by Gasteiger charge is 2.36. The largest absolute Gasteiger partial charge is 0.433 e. The molecule has 0 N–H and O–H groups in total. The second kappa shape index (κ2) is 7.06. The first-order chi connectivity index (χ1) is 11.4. The van der Waals surface area contributed by atoms with Gasteiger partial charge in [-0.1, -0.05) is 6.07 Å². The Kier molecular flexibility index (Phi) is 5.05. The first kappa shape index (κ1) is 17.2. The molecule has 0 aromatic carbocycles. The number of alkyl halides is 3. The maximum Gasteiger partial charge on any atom is 0.433 e. The molecule has 2 aliphatic rings. The van der Waals surface area contributed by atoms with Gasteiger partial charge in [-0.15, -0.1) is 0 Å². The van der Waals surface area contributed by atoms with Crippen LogP contribution in [0.4, 0.5) is 13.2 Å². The number of hydrogen-bond donors (Lipinski definition) is 0. The Morgan fingerprint density at radius 1 is 1.29 bits per heavy atom. The van der Waals surface area contributed by atoms with Gasteiger partial charge >= 0.3 is 6.18 Å². The Labute approximate surface area is 138 Å². The molecule has 1 amide bonds. The molecule has 0 saturated carbocycles. The van der Waals surface area contributed by atoms with Crippen molar-refractivity contribution in [3.63, 3.8) is 0 Å². The van der Waals surface area contributed by atoms with Crippen molar-refractivity contribution in [3.05, 3.63) is 29.6 Å². The zero-order chi connectivity index (χ0) is 17.2. The summed E-state index contributed by atoms with van der Waals surface area (Å²) in [6.07, 6.45) is -1.98. The number of ether oxygens (including phenoxy) is 1. The van der Waals surface area contributed by atoms with Crippen LogP contribution >= 0.6 is 0 Å². The minimum atomic E-state index is -4.45. The van der Waals surface area contributed by atoms with Crippen LogP contribution in [-0.4, -0.2) is 59.6 Å². The van der Waals surface area contributed by atoms with E-state index in [1.165, 1.54) is 12.1 Å². The number of pyridine rings is 1. The fraction of sp³-hybridized carbons (Fsp3) is 0.625. The van der Waals surface area contributed by atoms with E-state index in [0.29, 0.717) is 32.8 Å². The number of carbonyl (C=O) groups excluding carboxylic acids is 1. The SMILES string of the molecule is O=C(C1CCCO1)N1CCN(Cc2cccnc2C(F)(F)F)CC1. The van der Waals surface area contributed by atoms with Crippen LogP contribution < -0.4 is 0 Å². The van der Waals surface area contributed by atoms with Crippen molar-refractivity contribution in [2.24, 2.45) is 0 Å². The summed E-state index contributed by atoms with van der Waals surface area (Å²) in [6, 6.07) is 2.97. The lowest BCUT2D eigenvalue weighted by Gasteiger charge is -2.36. The fourth-order valence-electron chi connectivity index (χ4n) is 3.16. The average molecular weight is 343 g/mol.